The third-order valence-corrected chi connectivity index (χ3v) is 10.2. The summed E-state index contributed by atoms with van der Waals surface area (Å²) in [6, 6.07) is 32.9. The first-order valence-corrected chi connectivity index (χ1v) is 28.2. The molecular formula is C50H64Cl2SiZr. The topological polar surface area (TPSA) is 0 Å². The molecule has 6 aromatic carbocycles. The summed E-state index contributed by atoms with van der Waals surface area (Å²) in [5, 5.41) is 5.53. The zero-order chi connectivity index (χ0) is 40.3. The van der Waals surface area contributed by atoms with Crippen molar-refractivity contribution in [3.8, 4) is 22.3 Å². The van der Waals surface area contributed by atoms with E-state index in [-0.39, 0.29) is 0 Å². The molecule has 0 nitrogen and oxygen atoms in total. The Morgan fingerprint density at radius 3 is 1.04 bits per heavy atom. The second-order valence-corrected chi connectivity index (χ2v) is 20.7. The summed E-state index contributed by atoms with van der Waals surface area (Å²) in [7, 11) is 11.0. The molecule has 0 fully saturated rings. The second-order valence-electron chi connectivity index (χ2n) is 15.9. The summed E-state index contributed by atoms with van der Waals surface area (Å²) >= 11 is -0.826. The first-order chi connectivity index (χ1) is 25.6. The molecule has 6 aromatic rings. The van der Waals surface area contributed by atoms with E-state index in [1.165, 1.54) is 88.3 Å². The fourth-order valence-corrected chi connectivity index (χ4v) is 7.20. The van der Waals surface area contributed by atoms with Crippen LogP contribution in [0.25, 0.3) is 43.8 Å². The molecule has 2 radical (unpaired) electrons. The predicted molar refractivity (Wildman–Crippen MR) is 244 cm³/mol. The van der Waals surface area contributed by atoms with Crippen molar-refractivity contribution in [1.82, 2.24) is 0 Å². The maximum atomic E-state index is 4.93. The van der Waals surface area contributed by atoms with Crippen LogP contribution in [0.5, 0.6) is 0 Å². The van der Waals surface area contributed by atoms with Crippen LogP contribution in [-0.2, 0) is 33.7 Å². The summed E-state index contributed by atoms with van der Waals surface area (Å²) in [4.78, 5) is 0. The van der Waals surface area contributed by atoms with Crippen molar-refractivity contribution in [2.45, 2.75) is 133 Å². The normalized spacial score (nSPS) is 11.0. The zero-order valence-electron chi connectivity index (χ0n) is 35.6. The van der Waals surface area contributed by atoms with Crippen LogP contribution in [0.4, 0.5) is 0 Å². The van der Waals surface area contributed by atoms with Gasteiger partial charge in [-0.25, -0.2) is 0 Å². The average Bonchev–Trinajstić information content (AvgIpc) is 3.71. The molecule has 0 amide bonds. The van der Waals surface area contributed by atoms with Gasteiger partial charge in [-0.15, -0.1) is 69.1 Å². The summed E-state index contributed by atoms with van der Waals surface area (Å²) in [5.74, 6) is 2.20. The van der Waals surface area contributed by atoms with Gasteiger partial charge < -0.3 is 0 Å². The third-order valence-electron chi connectivity index (χ3n) is 10.2. The quantitative estimate of drug-likeness (QED) is 0.106. The molecule has 0 unspecified atom stereocenters. The van der Waals surface area contributed by atoms with E-state index in [0.717, 1.165) is 22.4 Å². The van der Waals surface area contributed by atoms with Gasteiger partial charge in [0, 0.05) is 9.52 Å². The number of halogens is 2. The monoisotopic (exact) mass is 852 g/mol. The molecule has 0 aromatic heterocycles. The summed E-state index contributed by atoms with van der Waals surface area (Å²) in [6.07, 6.45) is 2.14. The van der Waals surface area contributed by atoms with Crippen molar-refractivity contribution < 1.29 is 20.8 Å². The van der Waals surface area contributed by atoms with E-state index < -0.39 is 20.8 Å². The molecule has 4 heteroatoms. The number of aryl methyl sites for hydroxylation is 4. The van der Waals surface area contributed by atoms with Crippen molar-refractivity contribution in [2.75, 3.05) is 0 Å². The predicted octanol–water partition coefficient (Wildman–Crippen LogP) is 16.8. The van der Waals surface area contributed by atoms with Gasteiger partial charge in [0.15, 0.2) is 0 Å². The van der Waals surface area contributed by atoms with E-state index in [0.29, 0.717) is 23.7 Å². The molecule has 0 heterocycles. The molecule has 6 rings (SSSR count). The van der Waals surface area contributed by atoms with Gasteiger partial charge in [-0.2, -0.15) is 12.1 Å². The van der Waals surface area contributed by atoms with Crippen LogP contribution >= 0.6 is 17.0 Å². The van der Waals surface area contributed by atoms with E-state index in [4.69, 9.17) is 17.0 Å². The molecule has 0 saturated carbocycles. The van der Waals surface area contributed by atoms with E-state index in [1.54, 1.807) is 0 Å². The summed E-state index contributed by atoms with van der Waals surface area (Å²) in [6.45, 7) is 31.5. The number of rotatable bonds is 8. The molecule has 286 valence electrons. The Hall–Kier alpha value is -2.22. The van der Waals surface area contributed by atoms with Crippen LogP contribution in [-0.4, -0.2) is 9.52 Å². The standard InChI is InChI=1S/2C24H29.C2H6Si.2ClH.Zr/c2*1-7-18-8-9-19-10-17(6)11-23(19)24(18)22-13-20(15(2)3)12-21(14-22)16(4)5;1-3-2;;;/h2*8-16H,7H2,1-6H3;1-2H3;2*1H;/q2*-1;;;;+4/p-2. The molecular weight excluding hydrogens is 791 g/mol. The molecule has 0 aliphatic carbocycles. The summed E-state index contributed by atoms with van der Waals surface area (Å²) < 4.78 is 0. The Morgan fingerprint density at radius 1 is 0.519 bits per heavy atom. The molecule has 0 aliphatic rings. The Balaban J connectivity index is 0.000000254. The van der Waals surface area contributed by atoms with Gasteiger partial charge in [0.25, 0.3) is 0 Å². The van der Waals surface area contributed by atoms with Crippen molar-refractivity contribution >= 4 is 48.1 Å². The molecule has 0 atom stereocenters. The van der Waals surface area contributed by atoms with Gasteiger partial charge in [0.05, 0.1) is 0 Å². The van der Waals surface area contributed by atoms with Crippen molar-refractivity contribution in [1.29, 1.82) is 0 Å². The minimum absolute atomic E-state index is 0.549. The molecule has 0 saturated heterocycles. The van der Waals surface area contributed by atoms with Crippen LogP contribution < -0.4 is 0 Å². The van der Waals surface area contributed by atoms with E-state index in [2.05, 4.69) is 181 Å². The van der Waals surface area contributed by atoms with Gasteiger partial charge in [0.1, 0.15) is 0 Å². The maximum absolute atomic E-state index is 4.93. The Bertz CT molecular complexity index is 1870. The number of hydrogen-bond donors (Lipinski definition) is 0. The van der Waals surface area contributed by atoms with Crippen LogP contribution in [0, 0.1) is 13.8 Å². The van der Waals surface area contributed by atoms with Gasteiger partial charge in [-0.1, -0.05) is 155 Å². The van der Waals surface area contributed by atoms with Crippen molar-refractivity contribution in [3.63, 3.8) is 0 Å². The fraction of sp³-hybridized carbons (Fsp3) is 0.400. The van der Waals surface area contributed by atoms with E-state index in [9.17, 15) is 0 Å². The van der Waals surface area contributed by atoms with Gasteiger partial charge >= 0.3 is 37.9 Å². The van der Waals surface area contributed by atoms with Crippen LogP contribution in [0.3, 0.4) is 0 Å². The molecule has 0 spiro atoms. The van der Waals surface area contributed by atoms with Crippen molar-refractivity contribution in [3.05, 3.63) is 129 Å². The van der Waals surface area contributed by atoms with Crippen LogP contribution in [0.15, 0.2) is 84.9 Å². The summed E-state index contributed by atoms with van der Waals surface area (Å²) in [5.41, 5.74) is 17.0. The first kappa shape index (κ1) is 46.2. The Kier molecular flexibility index (Phi) is 18.7. The number of benzene rings is 4. The molecule has 54 heavy (non-hydrogen) atoms. The second kappa shape index (κ2) is 21.9. The first-order valence-electron chi connectivity index (χ1n) is 19.9. The van der Waals surface area contributed by atoms with Gasteiger partial charge in [0.2, 0.25) is 0 Å². The fourth-order valence-electron chi connectivity index (χ4n) is 7.20. The number of hydrogen-bond acceptors (Lipinski definition) is 0. The Morgan fingerprint density at radius 2 is 0.796 bits per heavy atom. The SMILES string of the molecule is CCc1ccc2[cH-]c(C)cc2c1-c1cc(C(C)C)cc(C(C)C)c1.CCc1ccc2[cH-]c(C)cc2c1-c1cc(C(C)C)cc(C(C)C)c1.C[Si]C.[Cl][Zr+2][Cl]. The molecule has 0 bridgehead atoms. The van der Waals surface area contributed by atoms with Crippen LogP contribution in [0.2, 0.25) is 13.1 Å². The minimum atomic E-state index is -0.826. The van der Waals surface area contributed by atoms with E-state index in [1.807, 2.05) is 0 Å². The van der Waals surface area contributed by atoms with Crippen molar-refractivity contribution in [2.24, 2.45) is 0 Å². The van der Waals surface area contributed by atoms with E-state index >= 15 is 0 Å². The van der Waals surface area contributed by atoms with Gasteiger partial charge in [-0.05, 0) is 69.9 Å². The third kappa shape index (κ3) is 11.9. The zero-order valence-corrected chi connectivity index (χ0v) is 40.5. The molecule has 0 aliphatic heterocycles. The van der Waals surface area contributed by atoms with Gasteiger partial charge in [-0.3, -0.25) is 0 Å². The average molecular weight is 855 g/mol. The molecule has 0 N–H and O–H groups in total. The van der Waals surface area contributed by atoms with Crippen LogP contribution in [0.1, 0.15) is 137 Å². The Labute approximate surface area is 350 Å². The number of fused-ring (bicyclic) bond motifs is 2.